The first kappa shape index (κ1) is 21.4. The van der Waals surface area contributed by atoms with Gasteiger partial charge in [0.05, 0.1) is 0 Å². The number of unbranched alkanes of at least 4 members (excludes halogenated alkanes) is 1. The Bertz CT molecular complexity index is 883. The quantitative estimate of drug-likeness (QED) is 0.433. The van der Waals surface area contributed by atoms with Crippen LogP contribution in [0.25, 0.3) is 10.1 Å². The maximum Gasteiger partial charge on any atom is 0.303 e. The van der Waals surface area contributed by atoms with Gasteiger partial charge in [-0.15, -0.1) is 11.3 Å². The molecule has 0 saturated heterocycles. The van der Waals surface area contributed by atoms with E-state index in [4.69, 9.17) is 5.11 Å². The molecule has 1 aliphatic rings. The molecule has 1 saturated carbocycles. The Morgan fingerprint density at radius 1 is 1.31 bits per heavy atom. The van der Waals surface area contributed by atoms with Crippen molar-refractivity contribution in [1.29, 1.82) is 0 Å². The average molecular weight is 417 g/mol. The number of carboxylic acids is 1. The molecule has 1 aliphatic carbocycles. The van der Waals surface area contributed by atoms with E-state index in [-0.39, 0.29) is 18.6 Å². The summed E-state index contributed by atoms with van der Waals surface area (Å²) in [4.78, 5) is 23.5. The number of ketones is 1. The lowest BCUT2D eigenvalue weighted by Gasteiger charge is -2.15. The van der Waals surface area contributed by atoms with Crippen LogP contribution in [0.5, 0.6) is 0 Å². The molecule has 0 radical (unpaired) electrons. The van der Waals surface area contributed by atoms with Crippen LogP contribution < -0.4 is 0 Å². The van der Waals surface area contributed by atoms with Crippen LogP contribution in [-0.2, 0) is 9.59 Å². The van der Waals surface area contributed by atoms with Gasteiger partial charge in [0, 0.05) is 34.3 Å². The zero-order valence-electron chi connectivity index (χ0n) is 16.0. The Morgan fingerprint density at radius 3 is 2.86 bits per heavy atom. The van der Waals surface area contributed by atoms with Crippen molar-refractivity contribution in [3.05, 3.63) is 59.5 Å². The van der Waals surface area contributed by atoms with Gasteiger partial charge >= 0.3 is 5.97 Å². The molecule has 3 rings (SSSR count). The summed E-state index contributed by atoms with van der Waals surface area (Å²) in [5.74, 6) is -1.95. The van der Waals surface area contributed by atoms with E-state index in [9.17, 15) is 19.1 Å². The van der Waals surface area contributed by atoms with Gasteiger partial charge in [-0.25, -0.2) is 4.39 Å². The van der Waals surface area contributed by atoms with Crippen LogP contribution in [0.3, 0.4) is 0 Å². The Kier molecular flexibility index (Phi) is 7.34. The number of halogens is 1. The lowest BCUT2D eigenvalue weighted by molar-refractivity contribution is -0.137. The topological polar surface area (TPSA) is 74.6 Å². The first-order valence-electron chi connectivity index (χ1n) is 9.84. The third kappa shape index (κ3) is 5.61. The van der Waals surface area contributed by atoms with Crippen molar-refractivity contribution in [2.45, 2.75) is 44.4 Å². The van der Waals surface area contributed by atoms with Gasteiger partial charge in [-0.2, -0.15) is 0 Å². The van der Waals surface area contributed by atoms with Gasteiger partial charge in [-0.3, -0.25) is 9.59 Å². The SMILES string of the molecule is O=C(O)CCCC=CC[C@H]1[C@@H](F)CC(=O)[C@@H]1C=CC(O)c1cc2ccccc2s1. The third-order valence-electron chi connectivity index (χ3n) is 5.27. The maximum absolute atomic E-state index is 14.3. The second kappa shape index (κ2) is 9.94. The number of carbonyl (C=O) groups excluding carboxylic acids is 1. The molecular weight excluding hydrogens is 391 g/mol. The predicted octanol–water partition coefficient (Wildman–Crippen LogP) is 5.24. The summed E-state index contributed by atoms with van der Waals surface area (Å²) in [6.07, 6.45) is 6.52. The van der Waals surface area contributed by atoms with E-state index in [1.54, 1.807) is 12.2 Å². The number of benzene rings is 1. The number of carboxylic acid groups (broad SMARTS) is 1. The number of hydrogen-bond donors (Lipinski definition) is 2. The van der Waals surface area contributed by atoms with Gasteiger partial charge in [-0.1, -0.05) is 42.5 Å². The summed E-state index contributed by atoms with van der Waals surface area (Å²) < 4.78 is 15.4. The number of rotatable bonds is 9. The Balaban J connectivity index is 1.61. The van der Waals surface area contributed by atoms with Crippen LogP contribution in [0.2, 0.25) is 0 Å². The lowest BCUT2D eigenvalue weighted by Crippen LogP contribution is -2.16. The largest absolute Gasteiger partial charge is 0.481 e. The lowest BCUT2D eigenvalue weighted by atomic mass is 9.90. The number of fused-ring (bicyclic) bond motifs is 1. The zero-order chi connectivity index (χ0) is 20.8. The van der Waals surface area contributed by atoms with Gasteiger partial charge in [0.2, 0.25) is 0 Å². The molecule has 0 bridgehead atoms. The van der Waals surface area contributed by atoms with Crippen molar-refractivity contribution < 1.29 is 24.2 Å². The molecule has 0 aliphatic heterocycles. The van der Waals surface area contributed by atoms with E-state index in [0.717, 1.165) is 15.0 Å². The van der Waals surface area contributed by atoms with Crippen LogP contribution in [0.15, 0.2) is 54.6 Å². The van der Waals surface area contributed by atoms with Crippen molar-refractivity contribution in [3.8, 4) is 0 Å². The number of thiophene rings is 1. The minimum Gasteiger partial charge on any atom is -0.481 e. The summed E-state index contributed by atoms with van der Waals surface area (Å²) in [6.45, 7) is 0. The van der Waals surface area contributed by atoms with Gasteiger partial charge in [0.25, 0.3) is 0 Å². The maximum atomic E-state index is 14.3. The molecule has 0 spiro atoms. The highest BCUT2D eigenvalue weighted by atomic mass is 32.1. The van der Waals surface area contributed by atoms with Crippen molar-refractivity contribution in [2.75, 3.05) is 0 Å². The minimum absolute atomic E-state index is 0.0918. The second-order valence-electron chi connectivity index (χ2n) is 7.39. The van der Waals surface area contributed by atoms with Crippen LogP contribution in [0.4, 0.5) is 4.39 Å². The fourth-order valence-corrected chi connectivity index (χ4v) is 4.73. The summed E-state index contributed by atoms with van der Waals surface area (Å²) in [6, 6.07) is 9.80. The molecular formula is C23H25FO4S. The first-order valence-corrected chi connectivity index (χ1v) is 10.7. The molecule has 1 fully saturated rings. The number of hydrogen-bond acceptors (Lipinski definition) is 4. The number of alkyl halides is 1. The van der Waals surface area contributed by atoms with E-state index in [1.807, 2.05) is 42.5 Å². The van der Waals surface area contributed by atoms with E-state index in [0.29, 0.717) is 19.3 Å². The van der Waals surface area contributed by atoms with Crippen LogP contribution in [0, 0.1) is 11.8 Å². The van der Waals surface area contributed by atoms with Gasteiger partial charge in [0.1, 0.15) is 18.1 Å². The fraction of sp³-hybridized carbons (Fsp3) is 0.391. The summed E-state index contributed by atoms with van der Waals surface area (Å²) in [5, 5.41) is 20.2. The summed E-state index contributed by atoms with van der Waals surface area (Å²) >= 11 is 1.50. The average Bonchev–Trinajstić information content (AvgIpc) is 3.23. The highest BCUT2D eigenvalue weighted by molar-refractivity contribution is 7.19. The highest BCUT2D eigenvalue weighted by Crippen LogP contribution is 2.37. The standard InChI is InChI=1S/C23H25FO4S/c24-18-14-20(26)17(16(18)8-3-1-2-4-10-23(27)28)11-12-19(25)22-13-15-7-5-6-9-21(15)29-22/h1,3,5-7,9,11-13,16-19,25H,2,4,8,10,14H2,(H,27,28)/t16-,17-,18+,19?/m1/s1. The van der Waals surface area contributed by atoms with Crippen molar-refractivity contribution in [1.82, 2.24) is 0 Å². The summed E-state index contributed by atoms with van der Waals surface area (Å²) in [5.41, 5.74) is 0. The Labute approximate surface area is 173 Å². The molecule has 6 heteroatoms. The number of allylic oxidation sites excluding steroid dienone is 3. The molecule has 1 heterocycles. The minimum atomic E-state index is -1.19. The van der Waals surface area contributed by atoms with Crippen LogP contribution in [0.1, 0.15) is 43.1 Å². The van der Waals surface area contributed by atoms with Gasteiger partial charge in [-0.05, 0) is 36.8 Å². The Hall–Kier alpha value is -2.31. The molecule has 0 amide bonds. The van der Waals surface area contributed by atoms with Crippen molar-refractivity contribution in [2.24, 2.45) is 11.8 Å². The second-order valence-corrected chi connectivity index (χ2v) is 8.50. The number of carbonyl (C=O) groups is 2. The molecule has 1 aromatic carbocycles. The van der Waals surface area contributed by atoms with Crippen LogP contribution >= 0.6 is 11.3 Å². The molecule has 4 atom stereocenters. The normalized spacial score (nSPS) is 23.5. The van der Waals surface area contributed by atoms with Gasteiger partial charge in [0.15, 0.2) is 0 Å². The molecule has 154 valence electrons. The number of aliphatic carboxylic acids is 1. The third-order valence-corrected chi connectivity index (χ3v) is 6.45. The van der Waals surface area contributed by atoms with E-state index in [1.165, 1.54) is 11.3 Å². The van der Waals surface area contributed by atoms with E-state index in [2.05, 4.69) is 0 Å². The number of Topliss-reactive ketones (excluding diaryl/α,β-unsaturated/α-hetero) is 1. The smallest absolute Gasteiger partial charge is 0.303 e. The summed E-state index contributed by atoms with van der Waals surface area (Å²) in [7, 11) is 0. The molecule has 1 unspecified atom stereocenters. The highest BCUT2D eigenvalue weighted by Gasteiger charge is 2.40. The molecule has 2 aromatic rings. The van der Waals surface area contributed by atoms with E-state index >= 15 is 0 Å². The number of aliphatic hydroxyl groups excluding tert-OH is 1. The first-order chi connectivity index (χ1) is 14.0. The molecule has 4 nitrogen and oxygen atoms in total. The number of aliphatic hydroxyl groups is 1. The fourth-order valence-electron chi connectivity index (χ4n) is 3.70. The van der Waals surface area contributed by atoms with Crippen molar-refractivity contribution >= 4 is 33.2 Å². The predicted molar refractivity (Wildman–Crippen MR) is 113 cm³/mol. The van der Waals surface area contributed by atoms with Crippen molar-refractivity contribution in [3.63, 3.8) is 0 Å². The zero-order valence-corrected chi connectivity index (χ0v) is 16.9. The molecule has 29 heavy (non-hydrogen) atoms. The van der Waals surface area contributed by atoms with Gasteiger partial charge < -0.3 is 10.2 Å². The van der Waals surface area contributed by atoms with E-state index < -0.39 is 30.1 Å². The monoisotopic (exact) mass is 416 g/mol. The molecule has 1 aromatic heterocycles. The Morgan fingerprint density at radius 2 is 2.10 bits per heavy atom. The molecule has 2 N–H and O–H groups in total. The van der Waals surface area contributed by atoms with Crippen LogP contribution in [-0.4, -0.2) is 28.1 Å².